The highest BCUT2D eigenvalue weighted by Gasteiger charge is 2.29. The molecule has 0 saturated heterocycles. The van der Waals surface area contributed by atoms with E-state index in [2.05, 4.69) is 5.10 Å². The molecule has 7 heteroatoms. The fourth-order valence-corrected chi connectivity index (χ4v) is 2.44. The number of aromatic nitrogens is 2. The second-order valence-corrected chi connectivity index (χ2v) is 5.41. The summed E-state index contributed by atoms with van der Waals surface area (Å²) in [6, 6.07) is 7.38. The molecule has 2 aromatic rings. The monoisotopic (exact) mass is 291 g/mol. The van der Waals surface area contributed by atoms with Crippen LogP contribution < -0.4 is 0 Å². The number of thioether (sulfide) groups is 1. The standard InChI is InChI=1S/C13H13N3O3S/c1-8-4-6-10(7-5-8)20-13(17)11-12(16(18)19)9(2)15(3)14-11/h4-7H,1-3H3. The molecule has 0 radical (unpaired) electrons. The number of hydrogen-bond donors (Lipinski definition) is 0. The average molecular weight is 291 g/mol. The second-order valence-electron chi connectivity index (χ2n) is 4.37. The largest absolute Gasteiger partial charge is 0.321 e. The molecule has 0 N–H and O–H groups in total. The normalized spacial score (nSPS) is 10.6. The van der Waals surface area contributed by atoms with E-state index in [0.29, 0.717) is 5.69 Å². The number of carbonyl (C=O) groups is 1. The van der Waals surface area contributed by atoms with Gasteiger partial charge in [0.05, 0.1) is 4.92 Å². The van der Waals surface area contributed by atoms with Crippen molar-refractivity contribution >= 4 is 22.6 Å². The van der Waals surface area contributed by atoms with Crippen molar-refractivity contribution in [2.75, 3.05) is 0 Å². The fourth-order valence-electron chi connectivity index (χ4n) is 1.71. The second kappa shape index (κ2) is 5.46. The Hall–Kier alpha value is -2.15. The molecule has 0 unspecified atom stereocenters. The van der Waals surface area contributed by atoms with Crippen LogP contribution in [0.5, 0.6) is 0 Å². The SMILES string of the molecule is Cc1ccc(SC(=O)c2nn(C)c(C)c2[N+](=O)[O-])cc1. The minimum Gasteiger partial charge on any atom is -0.279 e. The van der Waals surface area contributed by atoms with Crippen LogP contribution in [0.25, 0.3) is 0 Å². The number of nitro groups is 1. The molecule has 0 amide bonds. The van der Waals surface area contributed by atoms with Gasteiger partial charge in [-0.25, -0.2) is 0 Å². The average Bonchev–Trinajstić information content (AvgIpc) is 2.69. The zero-order valence-electron chi connectivity index (χ0n) is 11.3. The van der Waals surface area contributed by atoms with Gasteiger partial charge >= 0.3 is 5.69 Å². The van der Waals surface area contributed by atoms with E-state index in [1.54, 1.807) is 26.1 Å². The first kappa shape index (κ1) is 14.3. The number of aryl methyl sites for hydroxylation is 2. The Morgan fingerprint density at radius 2 is 1.90 bits per heavy atom. The van der Waals surface area contributed by atoms with Gasteiger partial charge in [0.2, 0.25) is 5.69 Å². The van der Waals surface area contributed by atoms with Gasteiger partial charge in [-0.15, -0.1) is 0 Å². The van der Waals surface area contributed by atoms with Gasteiger partial charge in [0.25, 0.3) is 5.12 Å². The van der Waals surface area contributed by atoms with Gasteiger partial charge in [0.15, 0.2) is 0 Å². The summed E-state index contributed by atoms with van der Waals surface area (Å²) in [5.41, 5.74) is 1.11. The molecular formula is C13H13N3O3S. The van der Waals surface area contributed by atoms with E-state index in [9.17, 15) is 14.9 Å². The quantitative estimate of drug-likeness (QED) is 0.493. The zero-order valence-corrected chi connectivity index (χ0v) is 12.1. The predicted molar refractivity (Wildman–Crippen MR) is 76.0 cm³/mol. The first-order chi connectivity index (χ1) is 9.40. The predicted octanol–water partition coefficient (Wildman–Crippen LogP) is 2.88. The van der Waals surface area contributed by atoms with Crippen molar-refractivity contribution in [3.63, 3.8) is 0 Å². The van der Waals surface area contributed by atoms with Crippen molar-refractivity contribution in [2.45, 2.75) is 18.7 Å². The summed E-state index contributed by atoms with van der Waals surface area (Å²) in [6.45, 7) is 3.52. The molecular weight excluding hydrogens is 278 g/mol. The molecule has 0 spiro atoms. The summed E-state index contributed by atoms with van der Waals surface area (Å²) in [5, 5.41) is 14.6. The lowest BCUT2D eigenvalue weighted by Crippen LogP contribution is -2.00. The molecule has 104 valence electrons. The van der Waals surface area contributed by atoms with Crippen LogP contribution in [0, 0.1) is 24.0 Å². The molecule has 0 aliphatic heterocycles. The van der Waals surface area contributed by atoms with Crippen LogP contribution in [-0.2, 0) is 7.05 Å². The van der Waals surface area contributed by atoms with E-state index < -0.39 is 10.0 Å². The van der Waals surface area contributed by atoms with Crippen LogP contribution in [-0.4, -0.2) is 19.8 Å². The summed E-state index contributed by atoms with van der Waals surface area (Å²) in [6.07, 6.45) is 0. The topological polar surface area (TPSA) is 78.0 Å². The van der Waals surface area contributed by atoms with Gasteiger partial charge in [0.1, 0.15) is 5.69 Å². The van der Waals surface area contributed by atoms with E-state index in [1.165, 1.54) is 4.68 Å². The minimum absolute atomic E-state index is 0.111. The van der Waals surface area contributed by atoms with Crippen molar-refractivity contribution in [3.8, 4) is 0 Å². The van der Waals surface area contributed by atoms with E-state index in [0.717, 1.165) is 22.2 Å². The highest BCUT2D eigenvalue weighted by atomic mass is 32.2. The lowest BCUT2D eigenvalue weighted by atomic mass is 10.2. The number of benzene rings is 1. The van der Waals surface area contributed by atoms with Gasteiger partial charge < -0.3 is 0 Å². The van der Waals surface area contributed by atoms with Gasteiger partial charge in [-0.2, -0.15) is 5.10 Å². The Bertz CT molecular complexity index is 677. The molecule has 1 aromatic heterocycles. The van der Waals surface area contributed by atoms with Crippen molar-refractivity contribution in [2.24, 2.45) is 7.05 Å². The van der Waals surface area contributed by atoms with Crippen molar-refractivity contribution in [1.82, 2.24) is 9.78 Å². The van der Waals surface area contributed by atoms with Crippen LogP contribution in [0.4, 0.5) is 5.69 Å². The first-order valence-corrected chi connectivity index (χ1v) is 6.68. The summed E-state index contributed by atoms with van der Waals surface area (Å²) >= 11 is 0.940. The maximum Gasteiger partial charge on any atom is 0.321 e. The van der Waals surface area contributed by atoms with Gasteiger partial charge in [-0.1, -0.05) is 17.7 Å². The van der Waals surface area contributed by atoms with Crippen molar-refractivity contribution < 1.29 is 9.72 Å². The Labute approximate surface area is 119 Å². The molecule has 0 aliphatic rings. The molecule has 1 heterocycles. The summed E-state index contributed by atoms with van der Waals surface area (Å²) in [4.78, 5) is 23.4. The number of carbonyl (C=O) groups excluding carboxylic acids is 1. The number of rotatable bonds is 3. The van der Waals surface area contributed by atoms with Crippen LogP contribution in [0.1, 0.15) is 21.7 Å². The minimum atomic E-state index is -0.564. The zero-order chi connectivity index (χ0) is 14.9. The summed E-state index contributed by atoms with van der Waals surface area (Å²) in [5.74, 6) is 0. The Morgan fingerprint density at radius 3 is 2.45 bits per heavy atom. The molecule has 6 nitrogen and oxygen atoms in total. The third-order valence-corrected chi connectivity index (χ3v) is 3.80. The summed E-state index contributed by atoms with van der Waals surface area (Å²) in [7, 11) is 1.58. The van der Waals surface area contributed by atoms with Crippen molar-refractivity contribution in [3.05, 3.63) is 51.3 Å². The van der Waals surface area contributed by atoms with Gasteiger partial charge in [-0.05, 0) is 37.7 Å². The summed E-state index contributed by atoms with van der Waals surface area (Å²) < 4.78 is 1.35. The third-order valence-electron chi connectivity index (χ3n) is 2.91. The van der Waals surface area contributed by atoms with Crippen LogP contribution in [0.3, 0.4) is 0 Å². The maximum atomic E-state index is 12.2. The Kier molecular flexibility index (Phi) is 3.89. The molecule has 0 aliphatic carbocycles. The van der Waals surface area contributed by atoms with E-state index >= 15 is 0 Å². The van der Waals surface area contributed by atoms with E-state index in [-0.39, 0.29) is 11.4 Å². The van der Waals surface area contributed by atoms with Crippen molar-refractivity contribution in [1.29, 1.82) is 0 Å². The van der Waals surface area contributed by atoms with E-state index in [1.807, 2.05) is 19.1 Å². The lowest BCUT2D eigenvalue weighted by molar-refractivity contribution is -0.385. The third kappa shape index (κ3) is 2.72. The van der Waals surface area contributed by atoms with Gasteiger partial charge in [-0.3, -0.25) is 19.6 Å². The van der Waals surface area contributed by atoms with Crippen LogP contribution >= 0.6 is 11.8 Å². The van der Waals surface area contributed by atoms with Crippen LogP contribution in [0.15, 0.2) is 29.2 Å². The molecule has 0 fully saturated rings. The Balaban J connectivity index is 2.32. The molecule has 2 rings (SSSR count). The highest BCUT2D eigenvalue weighted by Crippen LogP contribution is 2.29. The molecule has 0 saturated carbocycles. The molecule has 0 atom stereocenters. The molecule has 1 aromatic carbocycles. The first-order valence-electron chi connectivity index (χ1n) is 5.87. The highest BCUT2D eigenvalue weighted by molar-refractivity contribution is 8.14. The van der Waals surface area contributed by atoms with Crippen LogP contribution in [0.2, 0.25) is 0 Å². The smallest absolute Gasteiger partial charge is 0.279 e. The van der Waals surface area contributed by atoms with Gasteiger partial charge in [0, 0.05) is 11.9 Å². The molecule has 0 bridgehead atoms. The number of nitrogens with zero attached hydrogens (tertiary/aromatic N) is 3. The van der Waals surface area contributed by atoms with E-state index in [4.69, 9.17) is 0 Å². The number of hydrogen-bond acceptors (Lipinski definition) is 5. The lowest BCUT2D eigenvalue weighted by Gasteiger charge is -1.99. The Morgan fingerprint density at radius 1 is 1.30 bits per heavy atom. The maximum absolute atomic E-state index is 12.2. The molecule has 20 heavy (non-hydrogen) atoms. The fraction of sp³-hybridized carbons (Fsp3) is 0.231.